The third kappa shape index (κ3) is 4.21. The summed E-state index contributed by atoms with van der Waals surface area (Å²) < 4.78 is 76.1. The van der Waals surface area contributed by atoms with E-state index in [2.05, 4.69) is 12.9 Å². The normalized spacial score (nSPS) is 21.5. The minimum absolute atomic E-state index is 0.155. The van der Waals surface area contributed by atoms with Crippen LogP contribution in [0.15, 0.2) is 11.8 Å². The van der Waals surface area contributed by atoms with Gasteiger partial charge in [-0.25, -0.2) is 0 Å². The number of halogens is 3. The van der Waals surface area contributed by atoms with Crippen LogP contribution < -0.4 is 4.74 Å². The zero-order chi connectivity index (χ0) is 18.9. The summed E-state index contributed by atoms with van der Waals surface area (Å²) in [5.74, 6) is -1.49. The molecule has 0 saturated carbocycles. The van der Waals surface area contributed by atoms with Crippen LogP contribution in [0.1, 0.15) is 25.0 Å². The lowest BCUT2D eigenvalue weighted by atomic mass is 9.77. The predicted molar refractivity (Wildman–Crippen MR) is 78.2 cm³/mol. The van der Waals surface area contributed by atoms with Crippen LogP contribution in [0.5, 0.6) is 5.88 Å². The fourth-order valence-electron chi connectivity index (χ4n) is 2.09. The number of aliphatic carboxylic acids is 1. The third-order valence-electron chi connectivity index (χ3n) is 3.62. The first-order valence-electron chi connectivity index (χ1n) is 6.82. The zero-order valence-electron chi connectivity index (χ0n) is 12.7. The number of carboxylic acid groups (broad SMARTS) is 1. The molecule has 0 radical (unpaired) electrons. The summed E-state index contributed by atoms with van der Waals surface area (Å²) in [6.07, 6.45) is 0.329. The van der Waals surface area contributed by atoms with E-state index < -0.39 is 32.8 Å². The fourth-order valence-corrected chi connectivity index (χ4v) is 3.12. The number of hydrogen-bond acceptors (Lipinski definition) is 8. The van der Waals surface area contributed by atoms with E-state index in [1.165, 1.54) is 0 Å². The molecule has 1 N–H and O–H groups in total. The van der Waals surface area contributed by atoms with E-state index in [9.17, 15) is 31.5 Å². The summed E-state index contributed by atoms with van der Waals surface area (Å²) in [6, 6.07) is 0. The number of ether oxygens (including phenoxy) is 1. The molecule has 140 valence electrons. The molecule has 0 aliphatic heterocycles. The fraction of sp³-hybridized carbons (Fsp3) is 0.583. The van der Waals surface area contributed by atoms with Crippen molar-refractivity contribution in [3.8, 4) is 5.88 Å². The quantitative estimate of drug-likeness (QED) is 0.569. The van der Waals surface area contributed by atoms with E-state index in [0.717, 1.165) is 17.8 Å². The second kappa shape index (κ2) is 6.78. The lowest BCUT2D eigenvalue weighted by Gasteiger charge is -2.31. The highest BCUT2D eigenvalue weighted by atomic mass is 32.2. The van der Waals surface area contributed by atoms with E-state index in [1.807, 2.05) is 0 Å². The summed E-state index contributed by atoms with van der Waals surface area (Å²) >= 11 is 0.892. The van der Waals surface area contributed by atoms with Gasteiger partial charge in [-0.15, -0.1) is 4.37 Å². The zero-order valence-corrected chi connectivity index (χ0v) is 14.4. The van der Waals surface area contributed by atoms with E-state index >= 15 is 0 Å². The largest absolute Gasteiger partial charge is 0.534 e. The van der Waals surface area contributed by atoms with Crippen LogP contribution in [0.4, 0.5) is 13.2 Å². The molecule has 1 heterocycles. The van der Waals surface area contributed by atoms with Gasteiger partial charge in [0.05, 0.1) is 11.7 Å². The maximum Gasteiger partial charge on any atom is 0.534 e. The molecule has 1 aromatic rings. The number of aryl methyl sites for hydroxylation is 1. The number of aromatic nitrogens is 2. The summed E-state index contributed by atoms with van der Waals surface area (Å²) in [7, 11) is -5.77. The molecule has 0 aromatic carbocycles. The Balaban J connectivity index is 2.10. The van der Waals surface area contributed by atoms with Gasteiger partial charge in [-0.2, -0.15) is 26.0 Å². The Morgan fingerprint density at radius 3 is 2.56 bits per heavy atom. The summed E-state index contributed by atoms with van der Waals surface area (Å²) in [4.78, 5) is 11.6. The summed E-state index contributed by atoms with van der Waals surface area (Å²) in [5, 5.41) is 9.45. The average Bonchev–Trinajstić information content (AvgIpc) is 2.90. The number of allylic oxidation sites excluding steroid dienone is 2. The van der Waals surface area contributed by atoms with Gasteiger partial charge in [0.15, 0.2) is 0 Å². The number of hydrogen-bond donors (Lipinski definition) is 1. The highest BCUT2D eigenvalue weighted by Gasteiger charge is 2.50. The molecule has 1 aliphatic carbocycles. The molecule has 1 atom stereocenters. The minimum atomic E-state index is -5.77. The number of carbonyl (C=O) groups is 1. The Kier molecular flexibility index (Phi) is 5.27. The van der Waals surface area contributed by atoms with Crippen LogP contribution in [0.25, 0.3) is 0 Å². The van der Waals surface area contributed by atoms with Crippen LogP contribution >= 0.6 is 11.7 Å². The topological polar surface area (TPSA) is 116 Å². The van der Waals surface area contributed by atoms with Gasteiger partial charge in [0.25, 0.3) is 0 Å². The van der Waals surface area contributed by atoms with Crippen LogP contribution in [-0.2, 0) is 19.1 Å². The first kappa shape index (κ1) is 19.4. The Labute approximate surface area is 144 Å². The molecular weight excluding hydrogens is 389 g/mol. The Morgan fingerprint density at radius 2 is 2.12 bits per heavy atom. The molecule has 0 fully saturated rings. The smallest absolute Gasteiger partial charge is 0.481 e. The standard InChI is InChI=1S/C12H13F3N2O6S2/c1-7-9(17-24-16-7)22-6-11(10(18)19)4-2-8(3-5-11)23-25(20,21)12(13,14)15/h2H,3-6H2,1H3,(H,18,19). The second-order valence-electron chi connectivity index (χ2n) is 5.39. The van der Waals surface area contributed by atoms with Crippen molar-refractivity contribution in [2.75, 3.05) is 6.61 Å². The second-order valence-corrected chi connectivity index (χ2v) is 7.45. The summed E-state index contributed by atoms with van der Waals surface area (Å²) in [5.41, 5.74) is -6.49. The molecule has 0 bridgehead atoms. The molecule has 1 aromatic heterocycles. The van der Waals surface area contributed by atoms with Crippen molar-refractivity contribution in [3.63, 3.8) is 0 Å². The molecule has 8 nitrogen and oxygen atoms in total. The Hall–Kier alpha value is -1.89. The highest BCUT2D eigenvalue weighted by Crippen LogP contribution is 2.38. The number of carboxylic acids is 1. The van der Waals surface area contributed by atoms with E-state index in [-0.39, 0.29) is 31.7 Å². The number of rotatable bonds is 6. The number of alkyl halides is 3. The van der Waals surface area contributed by atoms with Crippen molar-refractivity contribution in [1.29, 1.82) is 0 Å². The van der Waals surface area contributed by atoms with Gasteiger partial charge in [0.1, 0.15) is 23.5 Å². The molecule has 1 unspecified atom stereocenters. The molecule has 13 heteroatoms. The highest BCUT2D eigenvalue weighted by molar-refractivity contribution is 7.87. The monoisotopic (exact) mass is 402 g/mol. The molecular formula is C12H13F3N2O6S2. The van der Waals surface area contributed by atoms with Crippen LogP contribution in [0.3, 0.4) is 0 Å². The SMILES string of the molecule is Cc1nsnc1OCC1(C(=O)O)CC=C(OS(=O)(=O)C(F)(F)F)CC1. The van der Waals surface area contributed by atoms with Gasteiger partial charge in [-0.3, -0.25) is 4.79 Å². The van der Waals surface area contributed by atoms with Crippen LogP contribution in [0, 0.1) is 12.3 Å². The van der Waals surface area contributed by atoms with Gasteiger partial charge < -0.3 is 14.0 Å². The van der Waals surface area contributed by atoms with Gasteiger partial charge in [0, 0.05) is 6.42 Å². The molecule has 1 aliphatic rings. The lowest BCUT2D eigenvalue weighted by Crippen LogP contribution is -2.39. The van der Waals surface area contributed by atoms with E-state index in [0.29, 0.717) is 5.69 Å². The lowest BCUT2D eigenvalue weighted by molar-refractivity contribution is -0.151. The van der Waals surface area contributed by atoms with E-state index in [4.69, 9.17) is 4.74 Å². The van der Waals surface area contributed by atoms with Gasteiger partial charge >= 0.3 is 21.6 Å². The molecule has 0 saturated heterocycles. The minimum Gasteiger partial charge on any atom is -0.481 e. The molecule has 25 heavy (non-hydrogen) atoms. The number of nitrogens with zero attached hydrogens (tertiary/aromatic N) is 2. The van der Waals surface area contributed by atoms with Gasteiger partial charge in [0.2, 0.25) is 5.88 Å². The first-order valence-corrected chi connectivity index (χ1v) is 8.96. The maximum atomic E-state index is 12.3. The van der Waals surface area contributed by atoms with Crippen LogP contribution in [0.2, 0.25) is 0 Å². The molecule has 0 amide bonds. The summed E-state index contributed by atoms with van der Waals surface area (Å²) in [6.45, 7) is 1.34. The van der Waals surface area contributed by atoms with Crippen molar-refractivity contribution in [2.24, 2.45) is 5.41 Å². The third-order valence-corrected chi connectivity index (χ3v) is 5.22. The van der Waals surface area contributed by atoms with Gasteiger partial charge in [-0.05, 0) is 25.8 Å². The Morgan fingerprint density at radius 1 is 1.44 bits per heavy atom. The van der Waals surface area contributed by atoms with Crippen molar-refractivity contribution < 1.29 is 40.4 Å². The van der Waals surface area contributed by atoms with Crippen molar-refractivity contribution in [3.05, 3.63) is 17.5 Å². The maximum absolute atomic E-state index is 12.3. The Bertz CT molecular complexity index is 789. The van der Waals surface area contributed by atoms with Crippen LogP contribution in [-0.4, -0.2) is 40.4 Å². The first-order chi connectivity index (χ1) is 11.5. The van der Waals surface area contributed by atoms with Crippen molar-refractivity contribution in [2.45, 2.75) is 31.7 Å². The molecule has 0 spiro atoms. The van der Waals surface area contributed by atoms with Crippen molar-refractivity contribution >= 4 is 27.8 Å². The molecule has 2 rings (SSSR count). The predicted octanol–water partition coefficient (Wildman–Crippen LogP) is 2.23. The van der Waals surface area contributed by atoms with E-state index in [1.54, 1.807) is 6.92 Å². The van der Waals surface area contributed by atoms with Crippen molar-refractivity contribution in [1.82, 2.24) is 8.75 Å². The van der Waals surface area contributed by atoms with Gasteiger partial charge in [-0.1, -0.05) is 0 Å². The average molecular weight is 402 g/mol.